The lowest BCUT2D eigenvalue weighted by molar-refractivity contribution is -0.126. The van der Waals surface area contributed by atoms with E-state index >= 15 is 0 Å². The summed E-state index contributed by atoms with van der Waals surface area (Å²) >= 11 is 0. The molecule has 5 rings (SSSR count). The molecule has 0 unspecified atom stereocenters. The summed E-state index contributed by atoms with van der Waals surface area (Å²) in [7, 11) is 1.65. The first-order valence-corrected chi connectivity index (χ1v) is 11.6. The Morgan fingerprint density at radius 1 is 0.886 bits per heavy atom. The Morgan fingerprint density at radius 2 is 1.60 bits per heavy atom. The highest BCUT2D eigenvalue weighted by molar-refractivity contribution is 5.93. The van der Waals surface area contributed by atoms with Crippen LogP contribution in [0.15, 0.2) is 91.4 Å². The molecule has 1 aliphatic rings. The minimum atomic E-state index is 0.00696. The molecule has 0 atom stereocenters. The predicted octanol–water partition coefficient (Wildman–Crippen LogP) is 4.30. The van der Waals surface area contributed by atoms with Crippen molar-refractivity contribution < 1.29 is 9.53 Å². The molecular weight excluding hydrogens is 438 g/mol. The number of piperazine rings is 1. The highest BCUT2D eigenvalue weighted by atomic mass is 16.5. The van der Waals surface area contributed by atoms with Gasteiger partial charge in [-0.25, -0.2) is 4.68 Å². The number of carbonyl (C=O) groups is 1. The summed E-state index contributed by atoms with van der Waals surface area (Å²) in [5.74, 6) is 0.793. The van der Waals surface area contributed by atoms with Crippen molar-refractivity contribution in [2.45, 2.75) is 0 Å². The molecule has 0 saturated carbocycles. The summed E-state index contributed by atoms with van der Waals surface area (Å²) in [4.78, 5) is 21.2. The average molecular weight is 466 g/mol. The quantitative estimate of drug-likeness (QED) is 0.397. The summed E-state index contributed by atoms with van der Waals surface area (Å²) in [5.41, 5.74) is 4.74. The maximum absolute atomic E-state index is 13.0. The van der Waals surface area contributed by atoms with Gasteiger partial charge in [0.05, 0.1) is 18.5 Å². The molecule has 176 valence electrons. The van der Waals surface area contributed by atoms with E-state index in [4.69, 9.17) is 9.84 Å². The number of aromatic nitrogens is 3. The maximum Gasteiger partial charge on any atom is 0.246 e. The summed E-state index contributed by atoms with van der Waals surface area (Å²) in [6, 6.07) is 21.7. The summed E-state index contributed by atoms with van der Waals surface area (Å²) in [6.45, 7) is 2.96. The Bertz CT molecular complexity index is 1290. The van der Waals surface area contributed by atoms with Gasteiger partial charge >= 0.3 is 0 Å². The first-order chi connectivity index (χ1) is 17.2. The second-order valence-corrected chi connectivity index (χ2v) is 8.29. The largest absolute Gasteiger partial charge is 0.497 e. The van der Waals surface area contributed by atoms with E-state index in [0.717, 1.165) is 47.0 Å². The van der Waals surface area contributed by atoms with E-state index in [9.17, 15) is 4.79 Å². The van der Waals surface area contributed by atoms with Crippen LogP contribution in [0.5, 0.6) is 5.75 Å². The van der Waals surface area contributed by atoms with Crippen molar-refractivity contribution in [2.24, 2.45) is 0 Å². The SMILES string of the molecule is COc1ccc(-c2nn(-c3ccccc3)cc2C=CC(=O)N2CCN(c3ccncc3)CC2)cc1. The van der Waals surface area contributed by atoms with Crippen molar-refractivity contribution in [3.8, 4) is 22.7 Å². The normalized spacial score (nSPS) is 13.9. The van der Waals surface area contributed by atoms with Gasteiger partial charge in [-0.05, 0) is 54.6 Å². The summed E-state index contributed by atoms with van der Waals surface area (Å²) < 4.78 is 7.14. The van der Waals surface area contributed by atoms with Gasteiger partial charge < -0.3 is 14.5 Å². The number of hydrogen-bond acceptors (Lipinski definition) is 5. The lowest BCUT2D eigenvalue weighted by atomic mass is 10.1. The molecule has 35 heavy (non-hydrogen) atoms. The van der Waals surface area contributed by atoms with Crippen LogP contribution in [0.25, 0.3) is 23.0 Å². The first-order valence-electron chi connectivity index (χ1n) is 11.6. The Labute approximate surface area is 204 Å². The Kier molecular flexibility index (Phi) is 6.57. The van der Waals surface area contributed by atoms with Gasteiger partial charge in [-0.2, -0.15) is 5.10 Å². The lowest BCUT2D eigenvalue weighted by Crippen LogP contribution is -2.48. The molecule has 1 saturated heterocycles. The van der Waals surface area contributed by atoms with Gasteiger partial charge in [0.25, 0.3) is 0 Å². The average Bonchev–Trinajstić information content (AvgIpc) is 3.37. The number of carbonyl (C=O) groups excluding carboxylic acids is 1. The zero-order chi connectivity index (χ0) is 24.0. The van der Waals surface area contributed by atoms with Crippen molar-refractivity contribution in [3.63, 3.8) is 0 Å². The zero-order valence-electron chi connectivity index (χ0n) is 19.6. The molecule has 4 aromatic rings. The number of anilines is 1. The summed E-state index contributed by atoms with van der Waals surface area (Å²) in [5, 5.41) is 4.83. The number of hydrogen-bond donors (Lipinski definition) is 0. The maximum atomic E-state index is 13.0. The van der Waals surface area contributed by atoms with Crippen LogP contribution in [0, 0.1) is 0 Å². The van der Waals surface area contributed by atoms with Gasteiger partial charge in [0.15, 0.2) is 0 Å². The molecule has 3 heterocycles. The Hall–Kier alpha value is -4.39. The molecule has 0 bridgehead atoms. The molecule has 2 aromatic carbocycles. The van der Waals surface area contributed by atoms with Crippen LogP contribution < -0.4 is 9.64 Å². The van der Waals surface area contributed by atoms with Gasteiger partial charge in [-0.3, -0.25) is 9.78 Å². The molecule has 1 aliphatic heterocycles. The highest BCUT2D eigenvalue weighted by Gasteiger charge is 2.20. The molecule has 7 heteroatoms. The number of nitrogens with zero attached hydrogens (tertiary/aromatic N) is 5. The van der Waals surface area contributed by atoms with E-state index in [0.29, 0.717) is 13.1 Å². The van der Waals surface area contributed by atoms with Crippen LogP contribution >= 0.6 is 0 Å². The van der Waals surface area contributed by atoms with Crippen LogP contribution in [0.3, 0.4) is 0 Å². The molecular formula is C28H27N5O2. The molecule has 0 aliphatic carbocycles. The van der Waals surface area contributed by atoms with Gasteiger partial charge in [0.2, 0.25) is 5.91 Å². The van der Waals surface area contributed by atoms with Crippen LogP contribution in [0.2, 0.25) is 0 Å². The third kappa shape index (κ3) is 5.09. The molecule has 0 spiro atoms. The van der Waals surface area contributed by atoms with E-state index < -0.39 is 0 Å². The van der Waals surface area contributed by atoms with E-state index in [-0.39, 0.29) is 5.91 Å². The number of rotatable bonds is 6. The van der Waals surface area contributed by atoms with Crippen molar-refractivity contribution in [3.05, 3.63) is 97.0 Å². The smallest absolute Gasteiger partial charge is 0.246 e. The second-order valence-electron chi connectivity index (χ2n) is 8.29. The first kappa shape index (κ1) is 22.4. The Balaban J connectivity index is 1.35. The van der Waals surface area contributed by atoms with E-state index in [1.165, 1.54) is 0 Å². The van der Waals surface area contributed by atoms with Crippen LogP contribution in [0.4, 0.5) is 5.69 Å². The number of benzene rings is 2. The fraction of sp³-hybridized carbons (Fsp3) is 0.179. The minimum absolute atomic E-state index is 0.00696. The molecule has 1 amide bonds. The van der Waals surface area contributed by atoms with Gasteiger partial charge in [0, 0.05) is 67.7 Å². The van der Waals surface area contributed by atoms with E-state index in [1.54, 1.807) is 25.6 Å². The van der Waals surface area contributed by atoms with E-state index in [2.05, 4.69) is 9.88 Å². The van der Waals surface area contributed by atoms with Gasteiger partial charge in [-0.15, -0.1) is 0 Å². The standard InChI is InChI=1S/C28H27N5O2/c1-35-26-10-7-22(8-11-26)28-23(21-33(30-28)25-5-3-2-4-6-25)9-12-27(34)32-19-17-31(18-20-32)24-13-15-29-16-14-24/h2-16,21H,17-20H2,1H3. The van der Waals surface area contributed by atoms with Crippen LogP contribution in [0.1, 0.15) is 5.56 Å². The topological polar surface area (TPSA) is 63.5 Å². The third-order valence-corrected chi connectivity index (χ3v) is 6.15. The van der Waals surface area contributed by atoms with Crippen molar-refractivity contribution in [1.29, 1.82) is 0 Å². The predicted molar refractivity (Wildman–Crippen MR) is 138 cm³/mol. The van der Waals surface area contributed by atoms with Crippen molar-refractivity contribution in [2.75, 3.05) is 38.2 Å². The molecule has 7 nitrogen and oxygen atoms in total. The zero-order valence-corrected chi connectivity index (χ0v) is 19.6. The monoisotopic (exact) mass is 465 g/mol. The van der Waals surface area contributed by atoms with E-state index in [1.807, 2.05) is 88.6 Å². The fourth-order valence-electron chi connectivity index (χ4n) is 4.20. The second kappa shape index (κ2) is 10.3. The number of amides is 1. The molecule has 1 fully saturated rings. The third-order valence-electron chi connectivity index (χ3n) is 6.15. The fourth-order valence-corrected chi connectivity index (χ4v) is 4.20. The number of methoxy groups -OCH3 is 1. The lowest BCUT2D eigenvalue weighted by Gasteiger charge is -2.35. The number of pyridine rings is 1. The highest BCUT2D eigenvalue weighted by Crippen LogP contribution is 2.27. The molecule has 0 N–H and O–H groups in total. The molecule has 2 aromatic heterocycles. The Morgan fingerprint density at radius 3 is 2.29 bits per heavy atom. The summed E-state index contributed by atoms with van der Waals surface area (Å²) in [6.07, 6.45) is 9.07. The number of ether oxygens (including phenoxy) is 1. The van der Waals surface area contributed by atoms with Gasteiger partial charge in [-0.1, -0.05) is 18.2 Å². The number of para-hydroxylation sites is 1. The van der Waals surface area contributed by atoms with Crippen molar-refractivity contribution >= 4 is 17.7 Å². The van der Waals surface area contributed by atoms with Crippen LogP contribution in [-0.4, -0.2) is 58.9 Å². The van der Waals surface area contributed by atoms with Crippen LogP contribution in [-0.2, 0) is 4.79 Å². The van der Waals surface area contributed by atoms with Gasteiger partial charge in [0.1, 0.15) is 5.75 Å². The van der Waals surface area contributed by atoms with Crippen molar-refractivity contribution in [1.82, 2.24) is 19.7 Å². The molecule has 0 radical (unpaired) electrons. The minimum Gasteiger partial charge on any atom is -0.497 e.